The molecule has 2 aromatic carbocycles. The molecular formula is C18H15N2O2-. The SMILES string of the molecule is Cc1ccc(C)c(-n2nc(-c3ccccc3)cc2C(=O)[O-])c1. The van der Waals surface area contributed by atoms with E-state index in [1.807, 2.05) is 62.4 Å². The maximum Gasteiger partial charge on any atom is 0.0934 e. The van der Waals surface area contributed by atoms with E-state index in [9.17, 15) is 9.90 Å². The quantitative estimate of drug-likeness (QED) is 0.745. The van der Waals surface area contributed by atoms with Crippen molar-refractivity contribution >= 4 is 5.97 Å². The van der Waals surface area contributed by atoms with E-state index in [0.29, 0.717) is 5.69 Å². The van der Waals surface area contributed by atoms with Gasteiger partial charge in [0.05, 0.1) is 23.0 Å². The monoisotopic (exact) mass is 291 g/mol. The fourth-order valence-electron chi connectivity index (χ4n) is 2.41. The van der Waals surface area contributed by atoms with E-state index < -0.39 is 5.97 Å². The highest BCUT2D eigenvalue weighted by molar-refractivity contribution is 5.86. The molecule has 3 aromatic rings. The van der Waals surface area contributed by atoms with Gasteiger partial charge in [0.2, 0.25) is 0 Å². The molecule has 1 aromatic heterocycles. The second-order valence-electron chi connectivity index (χ2n) is 5.27. The van der Waals surface area contributed by atoms with Gasteiger partial charge >= 0.3 is 0 Å². The summed E-state index contributed by atoms with van der Waals surface area (Å²) in [7, 11) is 0. The molecule has 0 spiro atoms. The first-order chi connectivity index (χ1) is 10.6. The first-order valence-corrected chi connectivity index (χ1v) is 7.01. The minimum absolute atomic E-state index is 0.0487. The molecule has 4 heteroatoms. The number of rotatable bonds is 3. The number of benzene rings is 2. The Kier molecular flexibility index (Phi) is 3.51. The molecule has 0 fully saturated rings. The Bertz CT molecular complexity index is 836. The second kappa shape index (κ2) is 5.48. The first kappa shape index (κ1) is 14.1. The van der Waals surface area contributed by atoms with E-state index >= 15 is 0 Å². The Morgan fingerprint density at radius 3 is 2.45 bits per heavy atom. The standard InChI is InChI=1S/C18H16N2O2/c1-12-8-9-13(2)16(10-12)20-17(18(21)22)11-15(19-20)14-6-4-3-5-7-14/h3-11H,1-2H3,(H,21,22)/p-1. The molecule has 0 radical (unpaired) electrons. The van der Waals surface area contributed by atoms with Crippen molar-refractivity contribution in [2.75, 3.05) is 0 Å². The Labute approximate surface area is 128 Å². The number of carbonyl (C=O) groups is 1. The lowest BCUT2D eigenvalue weighted by molar-refractivity contribution is -0.255. The van der Waals surface area contributed by atoms with Crippen molar-refractivity contribution in [2.24, 2.45) is 0 Å². The van der Waals surface area contributed by atoms with Gasteiger partial charge in [-0.3, -0.25) is 0 Å². The molecule has 4 nitrogen and oxygen atoms in total. The van der Waals surface area contributed by atoms with Gasteiger partial charge in [-0.25, -0.2) is 4.68 Å². The summed E-state index contributed by atoms with van der Waals surface area (Å²) in [5.41, 5.74) is 4.28. The Hall–Kier alpha value is -2.88. The third-order valence-electron chi connectivity index (χ3n) is 3.58. The molecule has 0 saturated carbocycles. The summed E-state index contributed by atoms with van der Waals surface area (Å²) >= 11 is 0. The fraction of sp³-hybridized carbons (Fsp3) is 0.111. The van der Waals surface area contributed by atoms with Crippen LogP contribution in [-0.2, 0) is 0 Å². The van der Waals surface area contributed by atoms with E-state index in [0.717, 1.165) is 22.4 Å². The summed E-state index contributed by atoms with van der Waals surface area (Å²) in [6, 6.07) is 16.9. The van der Waals surface area contributed by atoms with E-state index in [1.54, 1.807) is 6.07 Å². The number of carboxylic acid groups (broad SMARTS) is 1. The average Bonchev–Trinajstić information content (AvgIpc) is 2.96. The summed E-state index contributed by atoms with van der Waals surface area (Å²) in [6.07, 6.45) is 0. The highest BCUT2D eigenvalue weighted by Crippen LogP contribution is 2.23. The van der Waals surface area contributed by atoms with Crippen LogP contribution in [0.5, 0.6) is 0 Å². The van der Waals surface area contributed by atoms with Crippen molar-refractivity contribution in [1.29, 1.82) is 0 Å². The molecule has 0 amide bonds. The molecule has 0 N–H and O–H groups in total. The number of aryl methyl sites for hydroxylation is 2. The van der Waals surface area contributed by atoms with Crippen molar-refractivity contribution in [3.05, 3.63) is 71.4 Å². The van der Waals surface area contributed by atoms with Gasteiger partial charge in [-0.2, -0.15) is 5.10 Å². The number of carbonyl (C=O) groups excluding carboxylic acids is 1. The van der Waals surface area contributed by atoms with Crippen molar-refractivity contribution in [3.8, 4) is 16.9 Å². The number of hydrogen-bond acceptors (Lipinski definition) is 3. The zero-order valence-corrected chi connectivity index (χ0v) is 12.4. The van der Waals surface area contributed by atoms with Crippen LogP contribution in [0.15, 0.2) is 54.6 Å². The molecule has 1 heterocycles. The third-order valence-corrected chi connectivity index (χ3v) is 3.58. The van der Waals surface area contributed by atoms with E-state index in [1.165, 1.54) is 4.68 Å². The predicted molar refractivity (Wildman–Crippen MR) is 82.8 cm³/mol. The lowest BCUT2D eigenvalue weighted by atomic mass is 10.1. The average molecular weight is 291 g/mol. The van der Waals surface area contributed by atoms with Crippen LogP contribution in [0.1, 0.15) is 21.6 Å². The minimum Gasteiger partial charge on any atom is -0.543 e. The van der Waals surface area contributed by atoms with Gasteiger partial charge < -0.3 is 9.90 Å². The van der Waals surface area contributed by atoms with Gasteiger partial charge in [-0.05, 0) is 37.1 Å². The van der Waals surface area contributed by atoms with Gasteiger partial charge in [0.1, 0.15) is 0 Å². The van der Waals surface area contributed by atoms with Crippen LogP contribution in [-0.4, -0.2) is 15.7 Å². The molecule has 0 unspecified atom stereocenters. The summed E-state index contributed by atoms with van der Waals surface area (Å²) in [4.78, 5) is 11.5. The molecule has 0 aliphatic rings. The summed E-state index contributed by atoms with van der Waals surface area (Å²) < 4.78 is 1.44. The van der Waals surface area contributed by atoms with E-state index in [-0.39, 0.29) is 5.69 Å². The summed E-state index contributed by atoms with van der Waals surface area (Å²) in [6.45, 7) is 3.89. The van der Waals surface area contributed by atoms with Crippen LogP contribution >= 0.6 is 0 Å². The fourth-order valence-corrected chi connectivity index (χ4v) is 2.41. The molecule has 0 aliphatic carbocycles. The maximum atomic E-state index is 11.5. The molecule has 0 aliphatic heterocycles. The molecule has 0 saturated heterocycles. The largest absolute Gasteiger partial charge is 0.543 e. The van der Waals surface area contributed by atoms with Gasteiger partial charge in [0.15, 0.2) is 0 Å². The Balaban J connectivity index is 2.21. The predicted octanol–water partition coefficient (Wildman–Crippen LogP) is 2.52. The Morgan fingerprint density at radius 2 is 1.77 bits per heavy atom. The molecule has 0 atom stereocenters. The number of aromatic nitrogens is 2. The third kappa shape index (κ3) is 2.51. The van der Waals surface area contributed by atoms with Gasteiger partial charge in [-0.1, -0.05) is 42.5 Å². The molecular weight excluding hydrogens is 276 g/mol. The zero-order chi connectivity index (χ0) is 15.7. The summed E-state index contributed by atoms with van der Waals surface area (Å²) in [5, 5.41) is 15.9. The lowest BCUT2D eigenvalue weighted by Gasteiger charge is -2.11. The van der Waals surface area contributed by atoms with Crippen LogP contribution in [0.4, 0.5) is 0 Å². The van der Waals surface area contributed by atoms with E-state index in [4.69, 9.17) is 0 Å². The normalized spacial score (nSPS) is 10.6. The van der Waals surface area contributed by atoms with Crippen molar-refractivity contribution < 1.29 is 9.90 Å². The number of hydrogen-bond donors (Lipinski definition) is 0. The zero-order valence-electron chi connectivity index (χ0n) is 12.4. The molecule has 110 valence electrons. The number of nitrogens with zero attached hydrogens (tertiary/aromatic N) is 2. The van der Waals surface area contributed by atoms with Gasteiger partial charge in [0.25, 0.3) is 0 Å². The van der Waals surface area contributed by atoms with Crippen molar-refractivity contribution in [1.82, 2.24) is 9.78 Å². The number of carboxylic acids is 1. The van der Waals surface area contributed by atoms with Gasteiger partial charge in [0, 0.05) is 5.56 Å². The van der Waals surface area contributed by atoms with Crippen LogP contribution in [0.3, 0.4) is 0 Å². The molecule has 3 rings (SSSR count). The minimum atomic E-state index is -1.24. The van der Waals surface area contributed by atoms with Crippen molar-refractivity contribution in [3.63, 3.8) is 0 Å². The van der Waals surface area contributed by atoms with Gasteiger partial charge in [-0.15, -0.1) is 0 Å². The smallest absolute Gasteiger partial charge is 0.0934 e. The van der Waals surface area contributed by atoms with Crippen LogP contribution < -0.4 is 5.11 Å². The van der Waals surface area contributed by atoms with E-state index in [2.05, 4.69) is 5.10 Å². The van der Waals surface area contributed by atoms with Crippen LogP contribution in [0.25, 0.3) is 16.9 Å². The topological polar surface area (TPSA) is 58.0 Å². The molecule has 22 heavy (non-hydrogen) atoms. The number of aromatic carboxylic acids is 1. The lowest BCUT2D eigenvalue weighted by Crippen LogP contribution is -2.25. The van der Waals surface area contributed by atoms with Crippen molar-refractivity contribution in [2.45, 2.75) is 13.8 Å². The first-order valence-electron chi connectivity index (χ1n) is 7.01. The van der Waals surface area contributed by atoms with Crippen LogP contribution in [0.2, 0.25) is 0 Å². The summed E-state index contributed by atoms with van der Waals surface area (Å²) in [5.74, 6) is -1.24. The molecule has 0 bridgehead atoms. The maximum absolute atomic E-state index is 11.5. The Morgan fingerprint density at radius 1 is 1.05 bits per heavy atom. The van der Waals surface area contributed by atoms with Crippen LogP contribution in [0, 0.1) is 13.8 Å². The highest BCUT2D eigenvalue weighted by atomic mass is 16.4. The highest BCUT2D eigenvalue weighted by Gasteiger charge is 2.13. The second-order valence-corrected chi connectivity index (χ2v) is 5.27.